The van der Waals surface area contributed by atoms with Crippen molar-refractivity contribution in [3.8, 4) is 11.3 Å². The van der Waals surface area contributed by atoms with Crippen LogP contribution >= 0.6 is 0 Å². The Morgan fingerprint density at radius 1 is 1.07 bits per heavy atom. The molecule has 0 aliphatic rings. The van der Waals surface area contributed by atoms with E-state index in [1.165, 1.54) is 24.3 Å². The number of benzene rings is 2. The summed E-state index contributed by atoms with van der Waals surface area (Å²) in [6.07, 6.45) is -3.00. The van der Waals surface area contributed by atoms with E-state index >= 15 is 0 Å². The highest BCUT2D eigenvalue weighted by Crippen LogP contribution is 2.41. The maximum Gasteiger partial charge on any atom is 0.300 e. The van der Waals surface area contributed by atoms with Gasteiger partial charge in [0.2, 0.25) is 11.7 Å². The van der Waals surface area contributed by atoms with Gasteiger partial charge in [-0.05, 0) is 18.6 Å². The molecule has 9 heteroatoms. The number of nitrogens with zero attached hydrogens (tertiary/aromatic N) is 2. The van der Waals surface area contributed by atoms with Crippen molar-refractivity contribution in [2.75, 3.05) is 4.31 Å². The molecule has 0 fully saturated rings. The summed E-state index contributed by atoms with van der Waals surface area (Å²) in [5, 5.41) is 3.66. The number of anilines is 1. The van der Waals surface area contributed by atoms with E-state index < -0.39 is 33.8 Å². The van der Waals surface area contributed by atoms with Crippen LogP contribution in [0.2, 0.25) is 0 Å². The molecule has 0 radical (unpaired) electrons. The average Bonchev–Trinajstić information content (AvgIpc) is 3.14. The molecule has 0 atom stereocenters. The second kappa shape index (κ2) is 8.52. The Morgan fingerprint density at radius 3 is 2.21 bits per heavy atom. The van der Waals surface area contributed by atoms with Gasteiger partial charge in [0.05, 0.1) is 4.90 Å². The van der Waals surface area contributed by atoms with E-state index in [-0.39, 0.29) is 17.0 Å². The highest BCUT2D eigenvalue weighted by molar-refractivity contribution is 7.93. The Bertz CT molecular complexity index is 1080. The van der Waals surface area contributed by atoms with Gasteiger partial charge in [-0.1, -0.05) is 60.6 Å². The maximum atomic E-state index is 13.7. The zero-order valence-corrected chi connectivity index (χ0v) is 16.3. The fraction of sp³-hybridized carbons (Fsp3) is 0.200. The molecule has 0 saturated heterocycles. The lowest BCUT2D eigenvalue weighted by Crippen LogP contribution is -2.37. The highest BCUT2D eigenvalue weighted by Gasteiger charge is 2.39. The minimum Gasteiger partial charge on any atom is -0.352 e. The van der Waals surface area contributed by atoms with E-state index in [4.69, 9.17) is 4.52 Å². The predicted molar refractivity (Wildman–Crippen MR) is 103 cm³/mol. The fourth-order valence-corrected chi connectivity index (χ4v) is 4.30. The molecule has 0 aliphatic carbocycles. The highest BCUT2D eigenvalue weighted by atomic mass is 32.2. The van der Waals surface area contributed by atoms with Gasteiger partial charge in [-0.2, -0.15) is 4.31 Å². The number of carbonyl (C=O) groups excluding carboxylic acids is 1. The number of hydrogen-bond donors (Lipinski definition) is 0. The third-order valence-corrected chi connectivity index (χ3v) is 5.85. The van der Waals surface area contributed by atoms with Crippen LogP contribution in [-0.4, -0.2) is 19.5 Å². The smallest absolute Gasteiger partial charge is 0.300 e. The topological polar surface area (TPSA) is 80.5 Å². The molecular weight excluding hydrogens is 402 g/mol. The third kappa shape index (κ3) is 4.04. The first-order valence-corrected chi connectivity index (χ1v) is 10.3. The molecular formula is C20H18F2N2O4S. The van der Waals surface area contributed by atoms with Crippen LogP contribution in [0.5, 0.6) is 0 Å². The van der Waals surface area contributed by atoms with Gasteiger partial charge in [0, 0.05) is 12.0 Å². The van der Waals surface area contributed by atoms with E-state index in [1.54, 1.807) is 43.3 Å². The number of aromatic nitrogens is 1. The van der Waals surface area contributed by atoms with Gasteiger partial charge in [-0.15, -0.1) is 0 Å². The second-order valence-corrected chi connectivity index (χ2v) is 7.92. The summed E-state index contributed by atoms with van der Waals surface area (Å²) in [6.45, 7) is 1.69. The summed E-state index contributed by atoms with van der Waals surface area (Å²) in [4.78, 5) is 12.6. The van der Waals surface area contributed by atoms with E-state index in [9.17, 15) is 22.0 Å². The summed E-state index contributed by atoms with van der Waals surface area (Å²) >= 11 is 0. The van der Waals surface area contributed by atoms with Crippen molar-refractivity contribution >= 4 is 21.6 Å². The first kappa shape index (κ1) is 20.7. The van der Waals surface area contributed by atoms with Crippen molar-refractivity contribution in [2.24, 2.45) is 0 Å². The summed E-state index contributed by atoms with van der Waals surface area (Å²) in [7, 11) is -4.48. The number of alkyl halides is 2. The van der Waals surface area contributed by atoms with Gasteiger partial charge in [-0.25, -0.2) is 17.2 Å². The number of amides is 1. The number of halogens is 2. The van der Waals surface area contributed by atoms with Crippen LogP contribution in [0, 0.1) is 0 Å². The van der Waals surface area contributed by atoms with Crippen molar-refractivity contribution < 1.29 is 26.5 Å². The molecule has 29 heavy (non-hydrogen) atoms. The molecule has 2 aromatic carbocycles. The Hall–Kier alpha value is -3.07. The Morgan fingerprint density at radius 2 is 1.66 bits per heavy atom. The van der Waals surface area contributed by atoms with Gasteiger partial charge in [0.25, 0.3) is 16.4 Å². The van der Waals surface area contributed by atoms with Crippen LogP contribution in [0.25, 0.3) is 11.3 Å². The fourth-order valence-electron chi connectivity index (χ4n) is 2.82. The van der Waals surface area contributed by atoms with Gasteiger partial charge < -0.3 is 4.52 Å². The predicted octanol–water partition coefficient (Wildman–Crippen LogP) is 4.80. The third-order valence-electron chi connectivity index (χ3n) is 4.11. The number of carbonyl (C=O) groups is 1. The SMILES string of the molecule is CCCC(=O)N(c1c(-c2ccccc2)noc1C(F)F)S(=O)(=O)c1ccccc1. The second-order valence-electron chi connectivity index (χ2n) is 6.14. The number of hydrogen-bond acceptors (Lipinski definition) is 5. The lowest BCUT2D eigenvalue weighted by molar-refractivity contribution is -0.117. The van der Waals surface area contributed by atoms with Crippen molar-refractivity contribution in [3.05, 3.63) is 66.4 Å². The zero-order chi connectivity index (χ0) is 21.0. The van der Waals surface area contributed by atoms with Crippen LogP contribution in [-0.2, 0) is 14.8 Å². The van der Waals surface area contributed by atoms with E-state index in [1.807, 2.05) is 0 Å². The Balaban J connectivity index is 2.29. The monoisotopic (exact) mass is 420 g/mol. The molecule has 0 N–H and O–H groups in total. The molecule has 0 spiro atoms. The molecule has 1 heterocycles. The summed E-state index contributed by atoms with van der Waals surface area (Å²) in [5.41, 5.74) is -0.367. The molecule has 3 rings (SSSR count). The minimum atomic E-state index is -4.48. The van der Waals surface area contributed by atoms with E-state index in [0.717, 1.165) is 0 Å². The standard InChI is InChI=1S/C20H18F2N2O4S/c1-2-9-16(25)24(29(26,27)15-12-7-4-8-13-15)18-17(14-10-5-3-6-11-14)23-28-19(18)20(21)22/h3-8,10-13,20H,2,9H2,1H3. The van der Waals surface area contributed by atoms with Crippen LogP contribution < -0.4 is 4.31 Å². The quantitative estimate of drug-likeness (QED) is 0.548. The van der Waals surface area contributed by atoms with Crippen molar-refractivity contribution in [1.29, 1.82) is 0 Å². The van der Waals surface area contributed by atoms with E-state index in [0.29, 0.717) is 16.3 Å². The van der Waals surface area contributed by atoms with Crippen LogP contribution in [0.3, 0.4) is 0 Å². The lowest BCUT2D eigenvalue weighted by atomic mass is 10.1. The van der Waals surface area contributed by atoms with Gasteiger partial charge in [0.1, 0.15) is 11.4 Å². The molecule has 0 saturated carbocycles. The number of rotatable bonds is 7. The summed E-state index contributed by atoms with van der Waals surface area (Å²) in [5.74, 6) is -1.83. The molecule has 0 bridgehead atoms. The lowest BCUT2D eigenvalue weighted by Gasteiger charge is -2.23. The Labute approximate surface area is 166 Å². The maximum absolute atomic E-state index is 13.7. The summed E-state index contributed by atoms with van der Waals surface area (Å²) < 4.78 is 59.2. The van der Waals surface area contributed by atoms with Crippen LogP contribution in [0.1, 0.15) is 32.0 Å². The molecule has 1 aromatic heterocycles. The first-order chi connectivity index (χ1) is 13.9. The molecule has 0 unspecified atom stereocenters. The van der Waals surface area contributed by atoms with E-state index in [2.05, 4.69) is 5.16 Å². The van der Waals surface area contributed by atoms with Crippen molar-refractivity contribution in [2.45, 2.75) is 31.1 Å². The van der Waals surface area contributed by atoms with Crippen molar-refractivity contribution in [1.82, 2.24) is 5.16 Å². The largest absolute Gasteiger partial charge is 0.352 e. The normalized spacial score (nSPS) is 11.6. The van der Waals surface area contributed by atoms with Gasteiger partial charge >= 0.3 is 0 Å². The molecule has 3 aromatic rings. The number of sulfonamides is 1. The first-order valence-electron chi connectivity index (χ1n) is 8.84. The molecule has 1 amide bonds. The molecule has 6 nitrogen and oxygen atoms in total. The zero-order valence-electron chi connectivity index (χ0n) is 15.5. The van der Waals surface area contributed by atoms with Gasteiger partial charge in [-0.3, -0.25) is 4.79 Å². The van der Waals surface area contributed by atoms with Crippen LogP contribution in [0.15, 0.2) is 70.1 Å². The minimum absolute atomic E-state index is 0.148. The van der Waals surface area contributed by atoms with Gasteiger partial charge in [0.15, 0.2) is 0 Å². The van der Waals surface area contributed by atoms with Crippen molar-refractivity contribution in [3.63, 3.8) is 0 Å². The average molecular weight is 420 g/mol. The van der Waals surface area contributed by atoms with Crippen LogP contribution in [0.4, 0.5) is 14.5 Å². The Kier molecular flexibility index (Phi) is 6.07. The molecule has 152 valence electrons. The molecule has 0 aliphatic heterocycles. The summed E-state index contributed by atoms with van der Waals surface area (Å²) in [6, 6.07) is 15.3.